The summed E-state index contributed by atoms with van der Waals surface area (Å²) in [5.74, 6) is -0.507. The van der Waals surface area contributed by atoms with Crippen molar-refractivity contribution in [3.05, 3.63) is 11.6 Å². The van der Waals surface area contributed by atoms with Gasteiger partial charge in [-0.2, -0.15) is 0 Å². The van der Waals surface area contributed by atoms with Gasteiger partial charge in [-0.25, -0.2) is 0 Å². The maximum Gasteiger partial charge on any atom is 0.314 e. The van der Waals surface area contributed by atoms with Gasteiger partial charge in [0.05, 0.1) is 6.10 Å². The van der Waals surface area contributed by atoms with Crippen LogP contribution in [0.15, 0.2) is 11.6 Å². The van der Waals surface area contributed by atoms with Crippen molar-refractivity contribution in [2.45, 2.75) is 64.9 Å². The van der Waals surface area contributed by atoms with Crippen molar-refractivity contribution in [1.29, 1.82) is 0 Å². The van der Waals surface area contributed by atoms with Crippen LogP contribution in [-0.2, 0) is 9.59 Å². The Morgan fingerprint density at radius 1 is 1.17 bits per heavy atom. The maximum absolute atomic E-state index is 12.2. The number of aliphatic hydroxyl groups excluding tert-OH is 1. The van der Waals surface area contributed by atoms with Crippen molar-refractivity contribution in [2.75, 3.05) is 0 Å². The van der Waals surface area contributed by atoms with E-state index in [1.807, 2.05) is 0 Å². The number of carboxylic acids is 1. The molecule has 0 aromatic carbocycles. The predicted molar refractivity (Wildman–Crippen MR) is 89.2 cm³/mol. The lowest BCUT2D eigenvalue weighted by Gasteiger charge is -2.58. The fourth-order valence-electron chi connectivity index (χ4n) is 6.82. The highest BCUT2D eigenvalue weighted by Crippen LogP contribution is 2.65. The third-order valence-corrected chi connectivity index (χ3v) is 8.27. The van der Waals surface area contributed by atoms with Gasteiger partial charge in [0.2, 0.25) is 0 Å². The highest BCUT2D eigenvalue weighted by Gasteiger charge is 2.59. The molecule has 3 saturated carbocycles. The Labute approximate surface area is 143 Å². The Bertz CT molecular complexity index is 623. The van der Waals surface area contributed by atoms with E-state index in [1.165, 1.54) is 5.57 Å². The van der Waals surface area contributed by atoms with Gasteiger partial charge >= 0.3 is 5.97 Å². The molecule has 4 nitrogen and oxygen atoms in total. The van der Waals surface area contributed by atoms with Gasteiger partial charge in [0.1, 0.15) is 5.92 Å². The van der Waals surface area contributed by atoms with Gasteiger partial charge in [-0.1, -0.05) is 19.4 Å². The molecule has 2 N–H and O–H groups in total. The highest BCUT2D eigenvalue weighted by atomic mass is 16.4. The molecule has 0 amide bonds. The summed E-state index contributed by atoms with van der Waals surface area (Å²) < 4.78 is 0. The van der Waals surface area contributed by atoms with Crippen molar-refractivity contribution >= 4 is 11.8 Å². The van der Waals surface area contributed by atoms with Crippen LogP contribution < -0.4 is 0 Å². The fraction of sp³-hybridized carbons (Fsp3) is 0.800. The van der Waals surface area contributed by atoms with Gasteiger partial charge in [0.15, 0.2) is 5.78 Å². The van der Waals surface area contributed by atoms with Crippen LogP contribution in [0.5, 0.6) is 0 Å². The molecular weight excluding hydrogens is 304 g/mol. The summed E-state index contributed by atoms with van der Waals surface area (Å²) in [6.07, 6.45) is 8.00. The lowest BCUT2D eigenvalue weighted by atomic mass is 9.46. The van der Waals surface area contributed by atoms with E-state index in [1.54, 1.807) is 6.08 Å². The molecule has 0 radical (unpaired) electrons. The molecule has 4 aliphatic carbocycles. The van der Waals surface area contributed by atoms with Crippen LogP contribution in [0.4, 0.5) is 0 Å². The van der Waals surface area contributed by atoms with Crippen LogP contribution in [-0.4, -0.2) is 28.1 Å². The number of carbonyl (C=O) groups excluding carboxylic acids is 1. The normalized spacial score (nSPS) is 50.5. The summed E-state index contributed by atoms with van der Waals surface area (Å²) in [6.45, 7) is 4.45. The molecule has 4 heteroatoms. The first-order valence-corrected chi connectivity index (χ1v) is 9.43. The highest BCUT2D eigenvalue weighted by molar-refractivity contribution is 6.05. The molecule has 0 saturated heterocycles. The number of aliphatic carboxylic acids is 1. The maximum atomic E-state index is 12.2. The Morgan fingerprint density at radius 2 is 1.92 bits per heavy atom. The second-order valence-electron chi connectivity index (χ2n) is 9.14. The zero-order valence-corrected chi connectivity index (χ0v) is 14.6. The van der Waals surface area contributed by atoms with Crippen molar-refractivity contribution < 1.29 is 19.8 Å². The van der Waals surface area contributed by atoms with Gasteiger partial charge < -0.3 is 10.2 Å². The second kappa shape index (κ2) is 5.17. The predicted octanol–water partition coefficient (Wildman–Crippen LogP) is 3.19. The Kier molecular flexibility index (Phi) is 3.51. The standard InChI is InChI=1S/C20H28O4/c1-19-8-7-15-12(14(19)5-6-17(19)22)4-3-11-9-16(21)13(18(23)24)10-20(11,15)2/h9,12-15,17,22H,3-8,10H2,1-2H3,(H,23,24)/t12-,13?,14-,15-,17-,19-,20-/m0/s1. The lowest BCUT2D eigenvalue weighted by Crippen LogP contribution is -2.52. The Hall–Kier alpha value is -1.16. The summed E-state index contributed by atoms with van der Waals surface area (Å²) in [5, 5.41) is 19.9. The largest absolute Gasteiger partial charge is 0.481 e. The van der Waals surface area contributed by atoms with E-state index in [0.29, 0.717) is 24.2 Å². The monoisotopic (exact) mass is 332 g/mol. The average molecular weight is 332 g/mol. The van der Waals surface area contributed by atoms with E-state index in [0.717, 1.165) is 38.5 Å². The number of rotatable bonds is 1. The minimum Gasteiger partial charge on any atom is -0.481 e. The molecular formula is C20H28O4. The molecule has 4 aliphatic rings. The van der Waals surface area contributed by atoms with Gasteiger partial charge in [-0.15, -0.1) is 0 Å². The molecule has 0 spiro atoms. The number of hydrogen-bond acceptors (Lipinski definition) is 3. The Morgan fingerprint density at radius 3 is 2.62 bits per heavy atom. The number of fused-ring (bicyclic) bond motifs is 5. The number of carbonyl (C=O) groups is 2. The molecule has 0 aromatic heterocycles. The van der Waals surface area contributed by atoms with Crippen LogP contribution in [0.2, 0.25) is 0 Å². The SMILES string of the molecule is C[C@]12CC[C@H]3[C@@H](CCC4=CC(=O)C(C(=O)O)C[C@@]43C)[C@@H]1CC[C@@H]2O. The van der Waals surface area contributed by atoms with Crippen LogP contribution in [0, 0.1) is 34.5 Å². The zero-order valence-electron chi connectivity index (χ0n) is 14.6. The van der Waals surface area contributed by atoms with E-state index < -0.39 is 11.9 Å². The summed E-state index contributed by atoms with van der Waals surface area (Å²) in [6, 6.07) is 0. The number of ketones is 1. The lowest BCUT2D eigenvalue weighted by molar-refractivity contribution is -0.148. The fourth-order valence-corrected chi connectivity index (χ4v) is 6.82. The first kappa shape index (κ1) is 16.3. The summed E-state index contributed by atoms with van der Waals surface area (Å²) >= 11 is 0. The summed E-state index contributed by atoms with van der Waals surface area (Å²) in [5.41, 5.74) is 1.07. The van der Waals surface area contributed by atoms with Crippen molar-refractivity contribution in [3.63, 3.8) is 0 Å². The van der Waals surface area contributed by atoms with Crippen molar-refractivity contribution in [2.24, 2.45) is 34.5 Å². The first-order valence-electron chi connectivity index (χ1n) is 9.43. The minimum atomic E-state index is -0.976. The van der Waals surface area contributed by atoms with E-state index >= 15 is 0 Å². The molecule has 7 atom stereocenters. The van der Waals surface area contributed by atoms with Crippen LogP contribution in [0.25, 0.3) is 0 Å². The summed E-state index contributed by atoms with van der Waals surface area (Å²) in [7, 11) is 0. The van der Waals surface area contributed by atoms with Crippen LogP contribution >= 0.6 is 0 Å². The molecule has 0 heterocycles. The minimum absolute atomic E-state index is 0.0371. The average Bonchev–Trinajstić information content (AvgIpc) is 2.83. The van der Waals surface area contributed by atoms with Crippen LogP contribution in [0.1, 0.15) is 58.8 Å². The number of aliphatic hydroxyl groups is 1. The number of hydrogen-bond donors (Lipinski definition) is 2. The molecule has 24 heavy (non-hydrogen) atoms. The van der Waals surface area contributed by atoms with Gasteiger partial charge in [0, 0.05) is 0 Å². The van der Waals surface area contributed by atoms with E-state index in [9.17, 15) is 19.8 Å². The smallest absolute Gasteiger partial charge is 0.314 e. The second-order valence-corrected chi connectivity index (χ2v) is 9.14. The van der Waals surface area contributed by atoms with E-state index in [-0.39, 0.29) is 22.7 Å². The van der Waals surface area contributed by atoms with Crippen molar-refractivity contribution in [3.8, 4) is 0 Å². The third-order valence-electron chi connectivity index (χ3n) is 8.27. The Balaban J connectivity index is 1.69. The zero-order chi connectivity index (χ0) is 17.3. The first-order chi connectivity index (χ1) is 11.3. The third kappa shape index (κ3) is 2.01. The molecule has 0 aromatic rings. The van der Waals surface area contributed by atoms with E-state index in [4.69, 9.17) is 0 Å². The molecule has 132 valence electrons. The summed E-state index contributed by atoms with van der Waals surface area (Å²) in [4.78, 5) is 23.7. The number of allylic oxidation sites excluding steroid dienone is 1. The topological polar surface area (TPSA) is 74.6 Å². The molecule has 0 aliphatic heterocycles. The molecule has 1 unspecified atom stereocenters. The van der Waals surface area contributed by atoms with Crippen molar-refractivity contribution in [1.82, 2.24) is 0 Å². The molecule has 3 fully saturated rings. The van der Waals surface area contributed by atoms with E-state index in [2.05, 4.69) is 13.8 Å². The van der Waals surface area contributed by atoms with Gasteiger partial charge in [-0.05, 0) is 79.6 Å². The van der Waals surface area contributed by atoms with Gasteiger partial charge in [-0.3, -0.25) is 9.59 Å². The molecule has 0 bridgehead atoms. The molecule has 4 rings (SSSR count). The number of carboxylic acid groups (broad SMARTS) is 1. The quantitative estimate of drug-likeness (QED) is 0.723. The van der Waals surface area contributed by atoms with Gasteiger partial charge in [0.25, 0.3) is 0 Å². The van der Waals surface area contributed by atoms with Crippen LogP contribution in [0.3, 0.4) is 0 Å².